The third-order valence-corrected chi connectivity index (χ3v) is 1.40. The number of nitrogens with one attached hydrogen (secondary N) is 1. The molecule has 0 rings (SSSR count). The summed E-state index contributed by atoms with van der Waals surface area (Å²) in [6.45, 7) is 6.66. The monoisotopic (exact) mass is 228 g/mol. The van der Waals surface area contributed by atoms with Gasteiger partial charge in [0.25, 0.3) is 0 Å². The molecular weight excluding hydrogens is 208 g/mol. The van der Waals surface area contributed by atoms with E-state index >= 15 is 0 Å². The van der Waals surface area contributed by atoms with Crippen LogP contribution in [0.1, 0.15) is 27.7 Å². The first-order valence-electron chi connectivity index (χ1n) is 5.01. The Morgan fingerprint density at radius 2 is 1.75 bits per heavy atom. The SMILES string of the molecule is CC(=O)/C(=C/N(C)C)NC(=O)OC(C)(C)C. The average molecular weight is 228 g/mol. The molecule has 5 nitrogen and oxygen atoms in total. The Hall–Kier alpha value is -1.52. The smallest absolute Gasteiger partial charge is 0.412 e. The lowest BCUT2D eigenvalue weighted by molar-refractivity contribution is -0.114. The summed E-state index contributed by atoms with van der Waals surface area (Å²) in [5.41, 5.74) is -0.372. The Morgan fingerprint density at radius 1 is 1.25 bits per heavy atom. The zero-order valence-electron chi connectivity index (χ0n) is 10.7. The number of Topliss-reactive ketones (excluding diaryl/α,β-unsaturated/α-hetero) is 1. The Bertz CT molecular complexity index is 301. The summed E-state index contributed by atoms with van der Waals surface area (Å²) in [6.07, 6.45) is 0.905. The summed E-state index contributed by atoms with van der Waals surface area (Å²) in [5, 5.41) is 2.41. The van der Waals surface area contributed by atoms with Crippen LogP contribution in [0.25, 0.3) is 0 Å². The molecule has 0 fully saturated rings. The number of ketones is 1. The zero-order chi connectivity index (χ0) is 12.9. The van der Waals surface area contributed by atoms with Gasteiger partial charge >= 0.3 is 6.09 Å². The first kappa shape index (κ1) is 14.5. The first-order valence-corrected chi connectivity index (χ1v) is 5.01. The van der Waals surface area contributed by atoms with Gasteiger partial charge < -0.3 is 9.64 Å². The number of alkyl carbamates (subject to hydrolysis) is 1. The van der Waals surface area contributed by atoms with Gasteiger partial charge in [-0.2, -0.15) is 0 Å². The van der Waals surface area contributed by atoms with Crippen LogP contribution in [0.3, 0.4) is 0 Å². The maximum absolute atomic E-state index is 11.4. The minimum atomic E-state index is -0.629. The van der Waals surface area contributed by atoms with Crippen molar-refractivity contribution in [2.45, 2.75) is 33.3 Å². The van der Waals surface area contributed by atoms with Gasteiger partial charge in [-0.15, -0.1) is 0 Å². The predicted octanol–water partition coefficient (Wildman–Crippen LogP) is 1.50. The molecule has 0 aliphatic carbocycles. The van der Waals surface area contributed by atoms with Crippen LogP contribution in [-0.2, 0) is 9.53 Å². The van der Waals surface area contributed by atoms with Gasteiger partial charge in [-0.05, 0) is 20.8 Å². The molecule has 5 heteroatoms. The maximum atomic E-state index is 11.4. The number of hydrogen-bond acceptors (Lipinski definition) is 4. The quantitative estimate of drug-likeness (QED) is 0.744. The van der Waals surface area contributed by atoms with Crippen LogP contribution in [-0.4, -0.2) is 36.5 Å². The molecule has 92 valence electrons. The highest BCUT2D eigenvalue weighted by atomic mass is 16.6. The molecule has 0 unspecified atom stereocenters. The molecule has 0 bridgehead atoms. The molecule has 0 aliphatic heterocycles. The summed E-state index contributed by atoms with van der Waals surface area (Å²) in [4.78, 5) is 24.3. The van der Waals surface area contributed by atoms with Gasteiger partial charge in [0.05, 0.1) is 0 Å². The number of carbonyl (C=O) groups excluding carboxylic acids is 2. The van der Waals surface area contributed by atoms with Gasteiger partial charge in [0, 0.05) is 27.2 Å². The number of carbonyl (C=O) groups is 2. The summed E-state index contributed by atoms with van der Waals surface area (Å²) in [7, 11) is 3.53. The van der Waals surface area contributed by atoms with E-state index in [0.29, 0.717) is 0 Å². The number of amides is 1. The molecule has 0 heterocycles. The molecule has 0 aromatic heterocycles. The summed E-state index contributed by atoms with van der Waals surface area (Å²) in [5.74, 6) is -0.223. The number of allylic oxidation sites excluding steroid dienone is 1. The van der Waals surface area contributed by atoms with Crippen LogP contribution in [0.4, 0.5) is 4.79 Å². The topological polar surface area (TPSA) is 58.6 Å². The van der Waals surface area contributed by atoms with E-state index in [0.717, 1.165) is 0 Å². The van der Waals surface area contributed by atoms with Gasteiger partial charge in [-0.1, -0.05) is 0 Å². The minimum Gasteiger partial charge on any atom is -0.444 e. The lowest BCUT2D eigenvalue weighted by atomic mass is 10.2. The van der Waals surface area contributed by atoms with Gasteiger partial charge in [-0.3, -0.25) is 10.1 Å². The number of hydrogen-bond donors (Lipinski definition) is 1. The van der Waals surface area contributed by atoms with E-state index in [4.69, 9.17) is 4.74 Å². The lowest BCUT2D eigenvalue weighted by Gasteiger charge is -2.20. The van der Waals surface area contributed by atoms with Crippen molar-refractivity contribution in [3.63, 3.8) is 0 Å². The standard InChI is InChI=1S/C11H20N2O3/c1-8(14)9(7-13(5)6)12-10(15)16-11(2,3)4/h7H,1-6H3,(H,12,15)/b9-7-. The van der Waals surface area contributed by atoms with Crippen molar-refractivity contribution in [2.24, 2.45) is 0 Å². The van der Waals surface area contributed by atoms with Crippen LogP contribution in [0.5, 0.6) is 0 Å². The normalized spacial score (nSPS) is 12.0. The molecule has 0 spiro atoms. The fourth-order valence-corrected chi connectivity index (χ4v) is 0.883. The van der Waals surface area contributed by atoms with Crippen LogP contribution in [0.15, 0.2) is 11.9 Å². The summed E-state index contributed by atoms with van der Waals surface area (Å²) < 4.78 is 5.04. The van der Waals surface area contributed by atoms with Crippen molar-refractivity contribution >= 4 is 11.9 Å². The van der Waals surface area contributed by atoms with Gasteiger partial charge in [-0.25, -0.2) is 4.79 Å². The second-order valence-electron chi connectivity index (χ2n) is 4.69. The van der Waals surface area contributed by atoms with Gasteiger partial charge in [0.15, 0.2) is 5.78 Å². The van der Waals surface area contributed by atoms with E-state index in [1.54, 1.807) is 39.8 Å². The molecule has 1 amide bonds. The van der Waals surface area contributed by atoms with Crippen molar-refractivity contribution in [1.29, 1.82) is 0 Å². The zero-order valence-corrected chi connectivity index (χ0v) is 10.7. The fourth-order valence-electron chi connectivity index (χ4n) is 0.883. The number of nitrogens with zero attached hydrogens (tertiary/aromatic N) is 1. The third-order valence-electron chi connectivity index (χ3n) is 1.40. The predicted molar refractivity (Wildman–Crippen MR) is 61.8 cm³/mol. The highest BCUT2D eigenvalue weighted by Gasteiger charge is 2.18. The van der Waals surface area contributed by atoms with E-state index in [1.807, 2.05) is 0 Å². The molecule has 1 N–H and O–H groups in total. The van der Waals surface area contributed by atoms with E-state index in [9.17, 15) is 9.59 Å². The molecule has 0 radical (unpaired) electrons. The number of rotatable bonds is 3. The highest BCUT2D eigenvalue weighted by Crippen LogP contribution is 2.07. The Balaban J connectivity index is 4.55. The van der Waals surface area contributed by atoms with E-state index in [1.165, 1.54) is 13.1 Å². The van der Waals surface area contributed by atoms with Gasteiger partial charge in [0.1, 0.15) is 11.3 Å². The molecular formula is C11H20N2O3. The largest absolute Gasteiger partial charge is 0.444 e. The van der Waals surface area contributed by atoms with E-state index < -0.39 is 11.7 Å². The Labute approximate surface area is 96.4 Å². The highest BCUT2D eigenvalue weighted by molar-refractivity contribution is 5.96. The second-order valence-corrected chi connectivity index (χ2v) is 4.69. The minimum absolute atomic E-state index is 0.208. The maximum Gasteiger partial charge on any atom is 0.412 e. The molecule has 0 saturated carbocycles. The average Bonchev–Trinajstić information content (AvgIpc) is 1.97. The first-order chi connectivity index (χ1) is 7.11. The van der Waals surface area contributed by atoms with Crippen LogP contribution in [0.2, 0.25) is 0 Å². The molecule has 0 saturated heterocycles. The van der Waals surface area contributed by atoms with E-state index in [-0.39, 0.29) is 11.5 Å². The van der Waals surface area contributed by atoms with Crippen LogP contribution < -0.4 is 5.32 Å². The van der Waals surface area contributed by atoms with Crippen molar-refractivity contribution in [3.05, 3.63) is 11.9 Å². The van der Waals surface area contributed by atoms with E-state index in [2.05, 4.69) is 5.32 Å². The fraction of sp³-hybridized carbons (Fsp3) is 0.636. The Kier molecular flexibility index (Phi) is 5.01. The van der Waals surface area contributed by atoms with Crippen LogP contribution in [0, 0.1) is 0 Å². The molecule has 0 aromatic rings. The second kappa shape index (κ2) is 5.53. The van der Waals surface area contributed by atoms with Gasteiger partial charge in [0.2, 0.25) is 0 Å². The molecule has 0 aliphatic rings. The van der Waals surface area contributed by atoms with Crippen molar-refractivity contribution in [1.82, 2.24) is 10.2 Å². The summed E-state index contributed by atoms with van der Waals surface area (Å²) >= 11 is 0. The molecule has 0 atom stereocenters. The van der Waals surface area contributed by atoms with Crippen molar-refractivity contribution < 1.29 is 14.3 Å². The number of ether oxygens (including phenoxy) is 1. The lowest BCUT2D eigenvalue weighted by Crippen LogP contribution is -2.34. The summed E-state index contributed by atoms with van der Waals surface area (Å²) in [6, 6.07) is 0. The molecule has 0 aromatic carbocycles. The Morgan fingerprint density at radius 3 is 2.06 bits per heavy atom. The molecule has 16 heavy (non-hydrogen) atoms. The van der Waals surface area contributed by atoms with Crippen LogP contribution >= 0.6 is 0 Å². The van der Waals surface area contributed by atoms with Crippen molar-refractivity contribution in [3.8, 4) is 0 Å². The third kappa shape index (κ3) is 6.86. The van der Waals surface area contributed by atoms with Crippen molar-refractivity contribution in [2.75, 3.05) is 14.1 Å².